The summed E-state index contributed by atoms with van der Waals surface area (Å²) in [4.78, 5) is 87.6. The van der Waals surface area contributed by atoms with Gasteiger partial charge in [-0.05, 0) is 106 Å². The molecular weight excluding hydrogens is 1210 g/mol. The number of hydrogen-bond donors (Lipinski definition) is 4. The Morgan fingerprint density at radius 1 is 0.685 bits per heavy atom. The molecule has 3 saturated heterocycles. The second kappa shape index (κ2) is 31.6. The number of carboxylic acids is 2. The van der Waals surface area contributed by atoms with Crippen molar-refractivity contribution in [1.29, 1.82) is 0 Å². The van der Waals surface area contributed by atoms with Gasteiger partial charge in [-0.2, -0.15) is 0 Å². The minimum absolute atomic E-state index is 0.0147. The largest absolute Gasteiger partial charge is 0.489 e. The number of nitrogens with one attached hydrogen (secondary N) is 1. The summed E-state index contributed by atoms with van der Waals surface area (Å²) in [5.41, 5.74) is 11.3. The normalized spacial score (nSPS) is 16.1. The average Bonchev–Trinajstić information content (AvgIpc) is 2.90. The van der Waals surface area contributed by atoms with Gasteiger partial charge in [0.25, 0.3) is 5.91 Å². The number of ether oxygens (including phenoxy) is 1. The fourth-order valence-corrected chi connectivity index (χ4v) is 8.26. The van der Waals surface area contributed by atoms with Crippen LogP contribution in [0.3, 0.4) is 0 Å². The number of halogens is 1. The van der Waals surface area contributed by atoms with Crippen molar-refractivity contribution < 1.29 is 43.4 Å². The van der Waals surface area contributed by atoms with E-state index >= 15 is 0 Å². The first-order valence-electron chi connectivity index (χ1n) is 28.3. The number of anilines is 2. The number of hydrogen-bond acceptors (Lipinski definition) is 24. The molecule has 8 aromatic rings. The van der Waals surface area contributed by atoms with Gasteiger partial charge >= 0.3 is 25.0 Å². The quantitative estimate of drug-likeness (QED) is 0.0719. The number of rotatable bonds is 12. The molecule has 0 aliphatic carbocycles. The summed E-state index contributed by atoms with van der Waals surface area (Å²) in [6, 6.07) is 0.260. The average molecular weight is 1290 g/mol. The highest BCUT2D eigenvalue weighted by Gasteiger charge is 2.51. The zero-order valence-electron chi connectivity index (χ0n) is 51.6. The summed E-state index contributed by atoms with van der Waals surface area (Å²) >= 11 is 3.16. The van der Waals surface area contributed by atoms with Crippen LogP contribution in [0.1, 0.15) is 160 Å². The smallest absolute Gasteiger partial charge is 0.475 e. The molecule has 3 fully saturated rings. The molecule has 0 unspecified atom stereocenters. The van der Waals surface area contributed by atoms with Crippen molar-refractivity contribution in [2.45, 2.75) is 124 Å². The Hall–Kier alpha value is -9.20. The lowest BCUT2D eigenvalue weighted by Gasteiger charge is -2.32. The third-order valence-electron chi connectivity index (χ3n) is 13.9. The lowest BCUT2D eigenvalue weighted by Crippen LogP contribution is -2.41. The molecule has 31 heteroatoms. The summed E-state index contributed by atoms with van der Waals surface area (Å²) < 4.78 is 20.5. The molecule has 89 heavy (non-hydrogen) atoms. The minimum Gasteiger partial charge on any atom is -0.475 e. The van der Waals surface area contributed by atoms with Gasteiger partial charge in [-0.15, -0.1) is 27.0 Å². The number of fused-ring (bicyclic) bond motifs is 2. The third-order valence-corrected chi connectivity index (χ3v) is 14.3. The van der Waals surface area contributed by atoms with E-state index in [0.29, 0.717) is 30.6 Å². The van der Waals surface area contributed by atoms with Gasteiger partial charge in [-0.1, -0.05) is 39.7 Å². The summed E-state index contributed by atoms with van der Waals surface area (Å²) in [6.07, 6.45) is 24.7. The van der Waals surface area contributed by atoms with E-state index < -0.39 is 17.9 Å². The molecule has 0 saturated carbocycles. The standard InChI is InChI=1S/C17H20N8O.C9H17BO2.C9H12N6.C8H10N2O2.C8H8N2O2.C7H7BrN2O2/c1-11(2)12-7-19-14(20-8-12)17(26)22-13-3-5-24(9-13)15-16-23-21-10-25(16)6-4-18-15;1-7(2)10-11-8(3,4)9(5,6)12-10;10-7-1-3-14(5-7)8-9-13-12-6-15(9)4-2-11-8;2*1-5(2)6-3-9-7(8(11)12)10-4-6;1-2-12-7(11)6-9-3-5(8)4-10-6/h4,6-8,10-11,13H,3,5,9H2,1-2H3,(H,22,26);1H2,2-6H3;2,4,6-7H,1,3,5,10H2;3-5H,1-2H3,(H,11,12);3-4H,1H2,2H3,(H,11,12);3-4H,2H2,1H3/t13-;;7-;;;/m0.0.../s1. The Morgan fingerprint density at radius 2 is 1.12 bits per heavy atom. The molecule has 3 aliphatic heterocycles. The van der Waals surface area contributed by atoms with Gasteiger partial charge < -0.3 is 45.1 Å². The highest BCUT2D eigenvalue weighted by atomic mass is 79.9. The lowest BCUT2D eigenvalue weighted by atomic mass is 9.81. The van der Waals surface area contributed by atoms with E-state index in [1.807, 2.05) is 69.7 Å². The molecule has 8 aromatic heterocycles. The van der Waals surface area contributed by atoms with Crippen molar-refractivity contribution >= 4 is 75.4 Å². The van der Waals surface area contributed by atoms with Crippen LogP contribution in [0.5, 0.6) is 0 Å². The number of nitrogens with two attached hydrogens (primary N) is 1. The van der Waals surface area contributed by atoms with Crippen LogP contribution >= 0.6 is 15.9 Å². The van der Waals surface area contributed by atoms with Gasteiger partial charge in [-0.25, -0.2) is 64.2 Å². The molecule has 0 bridgehead atoms. The Morgan fingerprint density at radius 3 is 1.53 bits per heavy atom. The van der Waals surface area contributed by atoms with E-state index in [2.05, 4.69) is 133 Å². The van der Waals surface area contributed by atoms with Crippen LogP contribution < -0.4 is 20.9 Å². The molecule has 11 heterocycles. The van der Waals surface area contributed by atoms with Crippen LogP contribution in [0.25, 0.3) is 16.9 Å². The molecule has 29 nitrogen and oxygen atoms in total. The Kier molecular flexibility index (Phi) is 24.5. The predicted molar refractivity (Wildman–Crippen MR) is 334 cm³/mol. The van der Waals surface area contributed by atoms with E-state index in [1.54, 1.807) is 63.7 Å². The molecule has 0 radical (unpaired) electrons. The van der Waals surface area contributed by atoms with Crippen LogP contribution in [-0.4, -0.2) is 176 Å². The maximum Gasteiger partial charge on any atom is 0.489 e. The predicted octanol–water partition coefficient (Wildman–Crippen LogP) is 6.82. The monoisotopic (exact) mass is 1280 g/mol. The van der Waals surface area contributed by atoms with Crippen LogP contribution in [-0.2, 0) is 14.0 Å². The second-order valence-electron chi connectivity index (χ2n) is 22.1. The number of esters is 1. The van der Waals surface area contributed by atoms with Crippen molar-refractivity contribution in [3.05, 3.63) is 150 Å². The molecule has 0 spiro atoms. The second-order valence-corrected chi connectivity index (χ2v) is 23.0. The molecule has 0 aromatic carbocycles. The molecule has 11 rings (SSSR count). The van der Waals surface area contributed by atoms with Gasteiger partial charge in [0.2, 0.25) is 34.6 Å². The zero-order chi connectivity index (χ0) is 65.2. The van der Waals surface area contributed by atoms with E-state index in [4.69, 9.17) is 25.3 Å². The fourth-order valence-electron chi connectivity index (χ4n) is 8.05. The topological polar surface area (TPSA) is 370 Å². The summed E-state index contributed by atoms with van der Waals surface area (Å²) in [7, 11) is -0.241. The minimum atomic E-state index is -1.12. The van der Waals surface area contributed by atoms with E-state index in [1.165, 1.54) is 24.8 Å². The number of carbonyl (C=O) groups is 4. The highest BCUT2D eigenvalue weighted by Crippen LogP contribution is 2.38. The highest BCUT2D eigenvalue weighted by molar-refractivity contribution is 9.10. The van der Waals surface area contributed by atoms with Crippen molar-refractivity contribution in [1.82, 2.24) is 84.4 Å². The van der Waals surface area contributed by atoms with Gasteiger partial charge in [0.15, 0.2) is 11.6 Å². The number of aromatic carboxylic acids is 2. The Balaban J connectivity index is 0.000000176. The first kappa shape index (κ1) is 68.9. The molecule has 1 amide bonds. The van der Waals surface area contributed by atoms with Crippen molar-refractivity contribution in [3.63, 3.8) is 0 Å². The number of amides is 1. The summed E-state index contributed by atoms with van der Waals surface area (Å²) in [5, 5.41) is 35.9. The number of nitrogens with zero attached hydrogens (tertiary/aromatic N) is 18. The molecule has 2 atom stereocenters. The summed E-state index contributed by atoms with van der Waals surface area (Å²) in [5.74, 6) is -0.706. The Labute approximate surface area is 523 Å². The van der Waals surface area contributed by atoms with Gasteiger partial charge in [0.05, 0.1) is 22.3 Å². The molecular formula is C58H74BBrN20O9. The van der Waals surface area contributed by atoms with Crippen LogP contribution in [0, 0.1) is 0 Å². The molecule has 470 valence electrons. The first-order valence-corrected chi connectivity index (χ1v) is 29.1. The fraction of sp³-hybridized carbons (Fsp3) is 0.414. The molecule has 5 N–H and O–H groups in total. The number of allylic oxidation sites excluding steroid dienone is 2. The number of carboxylic acid groups (broad SMARTS) is 2. The third kappa shape index (κ3) is 19.4. The zero-order valence-corrected chi connectivity index (χ0v) is 53.2. The van der Waals surface area contributed by atoms with E-state index in [0.717, 1.165) is 82.0 Å². The van der Waals surface area contributed by atoms with Gasteiger partial charge in [-0.3, -0.25) is 13.6 Å². The van der Waals surface area contributed by atoms with E-state index in [-0.39, 0.29) is 59.6 Å². The van der Waals surface area contributed by atoms with Crippen LogP contribution in [0.4, 0.5) is 11.6 Å². The summed E-state index contributed by atoms with van der Waals surface area (Å²) in [6.45, 7) is 32.8. The SMILES string of the molecule is C=C(C)B1OC(C)(C)C(C)(C)O1.C=C(C)c1cnc(C(=O)O)nc1.CC(C)c1cnc(C(=O)N[C@H]2CCN(c3nccn4cnnc34)C2)nc1.CC(C)c1cnc(C(=O)O)nc1.CCOC(=O)c1ncc(Br)cn1.N[C@H]1CCN(c2nccn3cnnc23)C1. The lowest BCUT2D eigenvalue weighted by molar-refractivity contribution is 0.00578. The van der Waals surface area contributed by atoms with Crippen molar-refractivity contribution in [2.75, 3.05) is 42.6 Å². The van der Waals surface area contributed by atoms with Gasteiger partial charge in [0, 0.05) is 118 Å². The molecule has 3 aliphatic rings. The maximum absolute atomic E-state index is 12.4. The first-order chi connectivity index (χ1) is 42.2. The van der Waals surface area contributed by atoms with Crippen LogP contribution in [0.15, 0.2) is 110 Å². The van der Waals surface area contributed by atoms with Gasteiger partial charge in [0.1, 0.15) is 12.7 Å². The van der Waals surface area contributed by atoms with Crippen LogP contribution in [0.2, 0.25) is 0 Å². The number of aromatic nitrogens is 16. The Bertz CT molecular complexity index is 3620. The maximum atomic E-state index is 12.4. The van der Waals surface area contributed by atoms with E-state index in [9.17, 15) is 19.2 Å². The van der Waals surface area contributed by atoms with Crippen molar-refractivity contribution in [3.8, 4) is 0 Å². The van der Waals surface area contributed by atoms with Crippen molar-refractivity contribution in [2.24, 2.45) is 5.73 Å². The number of carbonyl (C=O) groups excluding carboxylic acids is 2.